The normalized spacial score (nSPS) is 18.6. The van der Waals surface area contributed by atoms with Crippen LogP contribution in [-0.2, 0) is 17.8 Å². The Hall–Kier alpha value is -2.18. The molecule has 0 saturated carbocycles. The highest BCUT2D eigenvalue weighted by atomic mass is 16.7. The fourth-order valence-electron chi connectivity index (χ4n) is 3.56. The minimum absolute atomic E-state index is 0.301. The average molecular weight is 369 g/mol. The van der Waals surface area contributed by atoms with Crippen molar-refractivity contribution in [2.45, 2.75) is 51.8 Å². The van der Waals surface area contributed by atoms with Gasteiger partial charge in [-0.05, 0) is 30.5 Å². The van der Waals surface area contributed by atoms with Crippen LogP contribution in [0.1, 0.15) is 49.6 Å². The third-order valence-electron chi connectivity index (χ3n) is 4.98. The molecule has 27 heavy (non-hydrogen) atoms. The van der Waals surface area contributed by atoms with Gasteiger partial charge in [0, 0.05) is 50.1 Å². The first kappa shape index (κ1) is 18.2. The topological polar surface area (TPSA) is 56.7 Å². The Balaban J connectivity index is 1.47. The molecule has 1 saturated heterocycles. The monoisotopic (exact) mass is 369 g/mol. The summed E-state index contributed by atoms with van der Waals surface area (Å²) in [6, 6.07) is 6.17. The molecular weight excluding hydrogens is 342 g/mol. The largest absolute Gasteiger partial charge is 0.454 e. The van der Waals surface area contributed by atoms with Gasteiger partial charge in [-0.3, -0.25) is 4.90 Å². The van der Waals surface area contributed by atoms with E-state index in [1.54, 1.807) is 0 Å². The Morgan fingerprint density at radius 1 is 1.07 bits per heavy atom. The van der Waals surface area contributed by atoms with Gasteiger partial charge in [0.25, 0.3) is 0 Å². The molecule has 6 heteroatoms. The van der Waals surface area contributed by atoms with Crippen molar-refractivity contribution in [1.29, 1.82) is 0 Å². The van der Waals surface area contributed by atoms with Crippen molar-refractivity contribution < 1.29 is 14.2 Å². The first-order valence-corrected chi connectivity index (χ1v) is 9.70. The van der Waals surface area contributed by atoms with E-state index in [-0.39, 0.29) is 0 Å². The highest BCUT2D eigenvalue weighted by Gasteiger charge is 2.21. The molecule has 0 spiro atoms. The molecule has 2 aliphatic rings. The Morgan fingerprint density at radius 2 is 1.85 bits per heavy atom. The number of hydrogen-bond acceptors (Lipinski definition) is 6. The summed E-state index contributed by atoms with van der Waals surface area (Å²) in [6.45, 7) is 7.92. The Bertz CT molecular complexity index is 758. The summed E-state index contributed by atoms with van der Waals surface area (Å²) in [5.74, 6) is 2.88. The van der Waals surface area contributed by atoms with Crippen LogP contribution in [0.4, 0.5) is 0 Å². The molecule has 4 rings (SSSR count). The molecular formula is C21H27N3O3. The van der Waals surface area contributed by atoms with Crippen LogP contribution in [0.15, 0.2) is 30.6 Å². The van der Waals surface area contributed by atoms with Gasteiger partial charge in [-0.2, -0.15) is 0 Å². The molecule has 0 N–H and O–H groups in total. The van der Waals surface area contributed by atoms with Crippen molar-refractivity contribution in [3.8, 4) is 11.5 Å². The SMILES string of the molecule is CC(C)c1ncc(CN(Cc2ccc3c(c2)OCO3)CC2CCCO2)cn1. The maximum atomic E-state index is 5.87. The van der Waals surface area contributed by atoms with E-state index >= 15 is 0 Å². The Labute approximate surface area is 160 Å². The Morgan fingerprint density at radius 3 is 2.59 bits per heavy atom. The highest BCUT2D eigenvalue weighted by Crippen LogP contribution is 2.33. The fourth-order valence-corrected chi connectivity index (χ4v) is 3.56. The molecule has 144 valence electrons. The maximum Gasteiger partial charge on any atom is 0.231 e. The molecule has 2 aromatic rings. The molecule has 1 unspecified atom stereocenters. The van der Waals surface area contributed by atoms with Crippen molar-refractivity contribution in [2.24, 2.45) is 0 Å². The van der Waals surface area contributed by atoms with E-state index in [0.717, 1.165) is 62.0 Å². The van der Waals surface area contributed by atoms with Gasteiger partial charge in [-0.1, -0.05) is 19.9 Å². The quantitative estimate of drug-likeness (QED) is 0.744. The van der Waals surface area contributed by atoms with Gasteiger partial charge in [-0.25, -0.2) is 9.97 Å². The van der Waals surface area contributed by atoms with Crippen molar-refractivity contribution in [3.05, 3.63) is 47.5 Å². The standard InChI is InChI=1S/C21H27N3O3/c1-15(2)21-22-9-17(10-23-21)12-24(13-18-4-3-7-25-18)11-16-5-6-19-20(8-16)27-14-26-19/h5-6,8-10,15,18H,3-4,7,11-14H2,1-2H3. The van der Waals surface area contributed by atoms with Gasteiger partial charge in [0.2, 0.25) is 6.79 Å². The minimum Gasteiger partial charge on any atom is -0.454 e. The average Bonchev–Trinajstić information content (AvgIpc) is 3.33. The fraction of sp³-hybridized carbons (Fsp3) is 0.524. The third-order valence-corrected chi connectivity index (χ3v) is 4.98. The predicted octanol–water partition coefficient (Wildman–Crippen LogP) is 3.51. The molecule has 1 aromatic heterocycles. The highest BCUT2D eigenvalue weighted by molar-refractivity contribution is 5.44. The summed E-state index contributed by atoms with van der Waals surface area (Å²) < 4.78 is 16.8. The number of benzene rings is 1. The van der Waals surface area contributed by atoms with E-state index in [0.29, 0.717) is 18.8 Å². The van der Waals surface area contributed by atoms with E-state index in [2.05, 4.69) is 40.8 Å². The molecule has 1 aromatic carbocycles. The second kappa shape index (κ2) is 8.23. The molecule has 0 aliphatic carbocycles. The molecule has 6 nitrogen and oxygen atoms in total. The van der Waals surface area contributed by atoms with E-state index in [1.165, 1.54) is 5.56 Å². The molecule has 0 bridgehead atoms. The lowest BCUT2D eigenvalue weighted by Gasteiger charge is -2.25. The molecule has 0 radical (unpaired) electrons. The smallest absolute Gasteiger partial charge is 0.231 e. The van der Waals surface area contributed by atoms with Crippen LogP contribution in [0, 0.1) is 0 Å². The zero-order chi connectivity index (χ0) is 18.6. The summed E-state index contributed by atoms with van der Waals surface area (Å²) in [6.07, 6.45) is 6.47. The lowest BCUT2D eigenvalue weighted by atomic mass is 10.1. The maximum absolute atomic E-state index is 5.87. The summed E-state index contributed by atoms with van der Waals surface area (Å²) in [5, 5.41) is 0. The van der Waals surface area contributed by atoms with E-state index < -0.39 is 0 Å². The van der Waals surface area contributed by atoms with Crippen LogP contribution < -0.4 is 9.47 Å². The first-order chi connectivity index (χ1) is 13.2. The number of fused-ring (bicyclic) bond motifs is 1. The zero-order valence-corrected chi connectivity index (χ0v) is 16.1. The minimum atomic E-state index is 0.301. The number of nitrogens with zero attached hydrogens (tertiary/aromatic N) is 3. The van der Waals surface area contributed by atoms with Crippen molar-refractivity contribution in [1.82, 2.24) is 14.9 Å². The van der Waals surface area contributed by atoms with Crippen LogP contribution in [0.5, 0.6) is 11.5 Å². The number of ether oxygens (including phenoxy) is 3. The molecule has 3 heterocycles. The zero-order valence-electron chi connectivity index (χ0n) is 16.1. The lowest BCUT2D eigenvalue weighted by Crippen LogP contribution is -2.31. The van der Waals surface area contributed by atoms with Crippen molar-refractivity contribution in [2.75, 3.05) is 19.9 Å². The van der Waals surface area contributed by atoms with Gasteiger partial charge in [0.1, 0.15) is 5.82 Å². The van der Waals surface area contributed by atoms with Crippen LogP contribution in [0.2, 0.25) is 0 Å². The summed E-state index contributed by atoms with van der Waals surface area (Å²) >= 11 is 0. The van der Waals surface area contributed by atoms with Crippen LogP contribution in [-0.4, -0.2) is 40.9 Å². The molecule has 1 fully saturated rings. The Kier molecular flexibility index (Phi) is 5.55. The lowest BCUT2D eigenvalue weighted by molar-refractivity contribution is 0.0678. The summed E-state index contributed by atoms with van der Waals surface area (Å²) in [4.78, 5) is 11.4. The van der Waals surface area contributed by atoms with E-state index in [1.807, 2.05) is 18.5 Å². The first-order valence-electron chi connectivity index (χ1n) is 9.70. The number of hydrogen-bond donors (Lipinski definition) is 0. The van der Waals surface area contributed by atoms with Crippen LogP contribution in [0.3, 0.4) is 0 Å². The van der Waals surface area contributed by atoms with Gasteiger partial charge in [0.05, 0.1) is 6.10 Å². The molecule has 0 amide bonds. The predicted molar refractivity (Wildman–Crippen MR) is 102 cm³/mol. The van der Waals surface area contributed by atoms with Gasteiger partial charge >= 0.3 is 0 Å². The van der Waals surface area contributed by atoms with E-state index in [9.17, 15) is 0 Å². The number of rotatable bonds is 7. The van der Waals surface area contributed by atoms with Crippen LogP contribution in [0.25, 0.3) is 0 Å². The third kappa shape index (κ3) is 4.57. The molecule has 1 atom stereocenters. The van der Waals surface area contributed by atoms with Gasteiger partial charge < -0.3 is 14.2 Å². The van der Waals surface area contributed by atoms with Gasteiger partial charge in [-0.15, -0.1) is 0 Å². The van der Waals surface area contributed by atoms with E-state index in [4.69, 9.17) is 14.2 Å². The summed E-state index contributed by atoms with van der Waals surface area (Å²) in [5.41, 5.74) is 2.33. The second-order valence-electron chi connectivity index (χ2n) is 7.60. The van der Waals surface area contributed by atoms with Crippen LogP contribution >= 0.6 is 0 Å². The number of aromatic nitrogens is 2. The second-order valence-corrected chi connectivity index (χ2v) is 7.60. The van der Waals surface area contributed by atoms with Gasteiger partial charge in [0.15, 0.2) is 11.5 Å². The van der Waals surface area contributed by atoms with Crippen molar-refractivity contribution >= 4 is 0 Å². The van der Waals surface area contributed by atoms with Crippen molar-refractivity contribution in [3.63, 3.8) is 0 Å². The molecule has 2 aliphatic heterocycles. The summed E-state index contributed by atoms with van der Waals surface area (Å²) in [7, 11) is 0.